The normalized spacial score (nSPS) is 14.2. The van der Waals surface area contributed by atoms with Crippen molar-refractivity contribution in [2.45, 2.75) is 19.3 Å². The number of nitrogens with one attached hydrogen (secondary N) is 1. The van der Waals surface area contributed by atoms with E-state index in [1.54, 1.807) is 0 Å². The fourth-order valence-corrected chi connectivity index (χ4v) is 2.44. The van der Waals surface area contributed by atoms with Crippen molar-refractivity contribution in [2.75, 3.05) is 11.9 Å². The molecule has 1 N–H and O–H groups in total. The summed E-state index contributed by atoms with van der Waals surface area (Å²) in [5.74, 6) is 0. The molecule has 17 heavy (non-hydrogen) atoms. The Kier molecular flexibility index (Phi) is 2.59. The lowest BCUT2D eigenvalue weighted by atomic mass is 9.98. The zero-order chi connectivity index (χ0) is 11.7. The van der Waals surface area contributed by atoms with Gasteiger partial charge in [0.25, 0.3) is 0 Å². The highest BCUT2D eigenvalue weighted by molar-refractivity contribution is 5.54. The monoisotopic (exact) mass is 227 g/mol. The van der Waals surface area contributed by atoms with Crippen LogP contribution in [0.4, 0.5) is 5.69 Å². The second-order valence-electron chi connectivity index (χ2n) is 4.72. The van der Waals surface area contributed by atoms with Gasteiger partial charge >= 0.3 is 0 Å². The van der Waals surface area contributed by atoms with Crippen LogP contribution in [0.2, 0.25) is 0 Å². The van der Waals surface area contributed by atoms with Gasteiger partial charge in [-0.1, -0.05) is 12.1 Å². The van der Waals surface area contributed by atoms with Crippen molar-refractivity contribution in [3.8, 4) is 0 Å². The molecule has 0 radical (unpaired) electrons. The van der Waals surface area contributed by atoms with E-state index in [-0.39, 0.29) is 0 Å². The number of nitrogens with zero attached hydrogens (tertiary/aromatic N) is 2. The van der Waals surface area contributed by atoms with Crippen LogP contribution in [0, 0.1) is 0 Å². The Morgan fingerprint density at radius 2 is 2.29 bits per heavy atom. The Bertz CT molecular complexity index is 528. The summed E-state index contributed by atoms with van der Waals surface area (Å²) < 4.78 is 1.86. The molecule has 1 aromatic heterocycles. The molecule has 2 heterocycles. The zero-order valence-corrected chi connectivity index (χ0v) is 10.1. The maximum atomic E-state index is 4.20. The molecule has 1 aromatic carbocycles. The fourth-order valence-electron chi connectivity index (χ4n) is 2.44. The topological polar surface area (TPSA) is 29.9 Å². The van der Waals surface area contributed by atoms with Crippen molar-refractivity contribution in [1.82, 2.24) is 9.78 Å². The highest BCUT2D eigenvalue weighted by Gasteiger charge is 2.09. The van der Waals surface area contributed by atoms with Gasteiger partial charge < -0.3 is 5.32 Å². The highest BCUT2D eigenvalue weighted by Crippen LogP contribution is 2.23. The predicted molar refractivity (Wildman–Crippen MR) is 69.3 cm³/mol. The summed E-state index contributed by atoms with van der Waals surface area (Å²) in [6, 6.07) is 6.75. The molecule has 0 saturated heterocycles. The van der Waals surface area contributed by atoms with Gasteiger partial charge in [0.15, 0.2) is 0 Å². The third-order valence-electron chi connectivity index (χ3n) is 3.27. The predicted octanol–water partition coefficient (Wildman–Crippen LogP) is 2.37. The Morgan fingerprint density at radius 3 is 3.12 bits per heavy atom. The molecule has 0 atom stereocenters. The largest absolute Gasteiger partial charge is 0.385 e. The molecule has 1 aliphatic rings. The van der Waals surface area contributed by atoms with Gasteiger partial charge in [0.1, 0.15) is 0 Å². The highest BCUT2D eigenvalue weighted by atomic mass is 15.2. The van der Waals surface area contributed by atoms with E-state index in [4.69, 9.17) is 0 Å². The van der Waals surface area contributed by atoms with E-state index in [2.05, 4.69) is 34.8 Å². The molecule has 88 valence electrons. The quantitative estimate of drug-likeness (QED) is 0.853. The van der Waals surface area contributed by atoms with Gasteiger partial charge in [-0.05, 0) is 35.6 Å². The zero-order valence-electron chi connectivity index (χ0n) is 10.1. The van der Waals surface area contributed by atoms with Gasteiger partial charge in [-0.25, -0.2) is 0 Å². The van der Waals surface area contributed by atoms with Crippen molar-refractivity contribution in [2.24, 2.45) is 7.05 Å². The molecule has 3 rings (SSSR count). The van der Waals surface area contributed by atoms with E-state index in [0.29, 0.717) is 0 Å². The molecule has 3 nitrogen and oxygen atoms in total. The van der Waals surface area contributed by atoms with Gasteiger partial charge in [-0.3, -0.25) is 4.68 Å². The van der Waals surface area contributed by atoms with Crippen molar-refractivity contribution in [3.05, 3.63) is 47.3 Å². The fraction of sp³-hybridized carbons (Fsp3) is 0.357. The molecular formula is C14H17N3. The molecule has 2 aromatic rings. The van der Waals surface area contributed by atoms with E-state index < -0.39 is 0 Å². The summed E-state index contributed by atoms with van der Waals surface area (Å²) in [6.45, 7) is 1.11. The van der Waals surface area contributed by atoms with E-state index in [1.165, 1.54) is 35.2 Å². The standard InChI is InChI=1S/C14H17N3/c1-17-10-12(9-16-17)7-11-4-5-14-13(8-11)3-2-6-15-14/h4-5,8-10,15H,2-3,6-7H2,1H3. The smallest absolute Gasteiger partial charge is 0.0525 e. The molecule has 0 amide bonds. The summed E-state index contributed by atoms with van der Waals surface area (Å²) in [5, 5.41) is 7.65. The van der Waals surface area contributed by atoms with Crippen molar-refractivity contribution < 1.29 is 0 Å². The number of fused-ring (bicyclic) bond motifs is 1. The molecule has 0 fully saturated rings. The minimum absolute atomic E-state index is 0.973. The average Bonchev–Trinajstić information content (AvgIpc) is 2.75. The first-order chi connectivity index (χ1) is 8.31. The SMILES string of the molecule is Cn1cc(Cc2ccc3c(c2)CCCN3)cn1. The Balaban J connectivity index is 1.84. The Morgan fingerprint density at radius 1 is 1.35 bits per heavy atom. The molecule has 1 aliphatic heterocycles. The third kappa shape index (κ3) is 2.18. The summed E-state index contributed by atoms with van der Waals surface area (Å²) in [7, 11) is 1.96. The minimum Gasteiger partial charge on any atom is -0.385 e. The lowest BCUT2D eigenvalue weighted by Gasteiger charge is -2.18. The van der Waals surface area contributed by atoms with E-state index in [9.17, 15) is 0 Å². The van der Waals surface area contributed by atoms with E-state index in [1.807, 2.05) is 17.9 Å². The molecule has 3 heteroatoms. The summed E-state index contributed by atoms with van der Waals surface area (Å²) in [4.78, 5) is 0. The number of benzene rings is 1. The van der Waals surface area contributed by atoms with Crippen LogP contribution >= 0.6 is 0 Å². The number of rotatable bonds is 2. The number of aromatic nitrogens is 2. The van der Waals surface area contributed by atoms with Gasteiger partial charge in [-0.2, -0.15) is 5.10 Å². The van der Waals surface area contributed by atoms with E-state index in [0.717, 1.165) is 13.0 Å². The van der Waals surface area contributed by atoms with Crippen LogP contribution in [0.3, 0.4) is 0 Å². The Hall–Kier alpha value is -1.77. The first-order valence-corrected chi connectivity index (χ1v) is 6.14. The van der Waals surface area contributed by atoms with Crippen LogP contribution in [-0.2, 0) is 19.9 Å². The Labute approximate surface area is 101 Å². The van der Waals surface area contributed by atoms with E-state index >= 15 is 0 Å². The number of aryl methyl sites for hydroxylation is 2. The van der Waals surface area contributed by atoms with Crippen LogP contribution in [0.1, 0.15) is 23.1 Å². The first kappa shape index (κ1) is 10.4. The molecule has 0 aliphatic carbocycles. The second kappa shape index (κ2) is 4.24. The molecular weight excluding hydrogens is 210 g/mol. The first-order valence-electron chi connectivity index (χ1n) is 6.14. The van der Waals surface area contributed by atoms with Crippen molar-refractivity contribution >= 4 is 5.69 Å². The van der Waals surface area contributed by atoms with Gasteiger partial charge in [-0.15, -0.1) is 0 Å². The summed E-state index contributed by atoms with van der Waals surface area (Å²) >= 11 is 0. The number of hydrogen-bond donors (Lipinski definition) is 1. The van der Waals surface area contributed by atoms with Crippen LogP contribution < -0.4 is 5.32 Å². The number of anilines is 1. The van der Waals surface area contributed by atoms with Crippen molar-refractivity contribution in [3.63, 3.8) is 0 Å². The van der Waals surface area contributed by atoms with Crippen molar-refractivity contribution in [1.29, 1.82) is 0 Å². The number of hydrogen-bond acceptors (Lipinski definition) is 2. The maximum absolute atomic E-state index is 4.20. The lowest BCUT2D eigenvalue weighted by Crippen LogP contribution is -2.11. The molecule has 0 spiro atoms. The molecule has 0 saturated carbocycles. The van der Waals surface area contributed by atoms with Gasteiger partial charge in [0, 0.05) is 31.9 Å². The minimum atomic E-state index is 0.973. The molecule has 0 unspecified atom stereocenters. The maximum Gasteiger partial charge on any atom is 0.0525 e. The third-order valence-corrected chi connectivity index (χ3v) is 3.27. The van der Waals surface area contributed by atoms with Gasteiger partial charge in [0.2, 0.25) is 0 Å². The van der Waals surface area contributed by atoms with Crippen LogP contribution in [0.25, 0.3) is 0 Å². The van der Waals surface area contributed by atoms with Crippen LogP contribution in [0.5, 0.6) is 0 Å². The van der Waals surface area contributed by atoms with Crippen LogP contribution in [0.15, 0.2) is 30.6 Å². The second-order valence-corrected chi connectivity index (χ2v) is 4.72. The lowest BCUT2D eigenvalue weighted by molar-refractivity contribution is 0.767. The average molecular weight is 227 g/mol. The van der Waals surface area contributed by atoms with Gasteiger partial charge in [0.05, 0.1) is 6.20 Å². The summed E-state index contributed by atoms with van der Waals surface area (Å²) in [6.07, 6.45) is 7.43. The summed E-state index contributed by atoms with van der Waals surface area (Å²) in [5.41, 5.74) is 5.42. The molecule has 0 bridgehead atoms. The van der Waals surface area contributed by atoms with Crippen LogP contribution in [-0.4, -0.2) is 16.3 Å².